The number of nitrogens with two attached hydrogens (primary N) is 2. The zero-order chi connectivity index (χ0) is 20.5. The molecule has 2 aromatic heterocycles. The number of carbonyl (C=O) groups excluding carboxylic acids is 1. The van der Waals surface area contributed by atoms with Gasteiger partial charge in [-0.25, -0.2) is 9.37 Å². The topological polar surface area (TPSA) is 85.2 Å². The Hall–Kier alpha value is -2.77. The fourth-order valence-electron chi connectivity index (χ4n) is 3.68. The molecule has 4 rings (SSSR count). The van der Waals surface area contributed by atoms with Gasteiger partial charge in [-0.3, -0.25) is 4.79 Å². The SMILES string of the molecule is Cc1c(C(N)=O)sc2nc(N3CCC(N)CC3)cc(/C=C/c3ccc(F)cc3)c12. The Kier molecular flexibility index (Phi) is 5.34. The zero-order valence-electron chi connectivity index (χ0n) is 16.2. The zero-order valence-corrected chi connectivity index (χ0v) is 17.0. The molecule has 0 aliphatic carbocycles. The standard InChI is InChI=1S/C22H23FN4OS/c1-13-19-15(5-2-14-3-6-16(23)7-4-14)12-18(27-10-8-17(24)9-11-27)26-22(19)29-20(13)21(25)28/h2-7,12,17H,8-11,24H2,1H3,(H2,25,28)/b5-2+. The Morgan fingerprint density at radius 3 is 2.59 bits per heavy atom. The first-order chi connectivity index (χ1) is 13.9. The number of carbonyl (C=O) groups is 1. The highest BCUT2D eigenvalue weighted by atomic mass is 32.1. The number of aromatic nitrogens is 1. The summed E-state index contributed by atoms with van der Waals surface area (Å²) < 4.78 is 13.2. The minimum atomic E-state index is -0.440. The number of hydrogen-bond donors (Lipinski definition) is 2. The Labute approximate surface area is 172 Å². The molecule has 0 bridgehead atoms. The van der Waals surface area contributed by atoms with Crippen molar-refractivity contribution in [1.29, 1.82) is 0 Å². The maximum atomic E-state index is 13.2. The van der Waals surface area contributed by atoms with Crippen molar-refractivity contribution in [3.63, 3.8) is 0 Å². The highest BCUT2D eigenvalue weighted by Crippen LogP contribution is 2.35. The fraction of sp³-hybridized carbons (Fsp3) is 0.273. The molecular formula is C22H23FN4OS. The first-order valence-electron chi connectivity index (χ1n) is 9.60. The van der Waals surface area contributed by atoms with E-state index < -0.39 is 5.91 Å². The maximum absolute atomic E-state index is 13.2. The van der Waals surface area contributed by atoms with E-state index in [0.717, 1.165) is 58.7 Å². The molecule has 0 atom stereocenters. The maximum Gasteiger partial charge on any atom is 0.259 e. The summed E-state index contributed by atoms with van der Waals surface area (Å²) in [6, 6.07) is 8.61. The lowest BCUT2D eigenvalue weighted by molar-refractivity contribution is 0.100. The number of amides is 1. The first kappa shape index (κ1) is 19.5. The summed E-state index contributed by atoms with van der Waals surface area (Å²) in [7, 11) is 0. The van der Waals surface area contributed by atoms with Crippen molar-refractivity contribution < 1.29 is 9.18 Å². The number of pyridine rings is 1. The number of rotatable bonds is 4. The van der Waals surface area contributed by atoms with E-state index in [1.54, 1.807) is 12.1 Å². The van der Waals surface area contributed by atoms with Crippen LogP contribution in [0.15, 0.2) is 30.3 Å². The van der Waals surface area contributed by atoms with Gasteiger partial charge in [-0.1, -0.05) is 24.3 Å². The number of piperidine rings is 1. The third-order valence-corrected chi connectivity index (χ3v) is 6.53. The number of halogens is 1. The van der Waals surface area contributed by atoms with Gasteiger partial charge in [-0.15, -0.1) is 11.3 Å². The van der Waals surface area contributed by atoms with E-state index in [-0.39, 0.29) is 11.9 Å². The highest BCUT2D eigenvalue weighted by Gasteiger charge is 2.21. The molecule has 0 radical (unpaired) electrons. The van der Waals surface area contributed by atoms with Crippen molar-refractivity contribution in [2.45, 2.75) is 25.8 Å². The molecule has 3 heterocycles. The Balaban J connectivity index is 1.80. The predicted molar refractivity (Wildman–Crippen MR) is 118 cm³/mol. The molecule has 1 fully saturated rings. The van der Waals surface area contributed by atoms with E-state index in [4.69, 9.17) is 16.5 Å². The second-order valence-corrected chi connectivity index (χ2v) is 8.38. The second kappa shape index (κ2) is 7.93. The van der Waals surface area contributed by atoms with Crippen LogP contribution in [0.1, 0.15) is 39.2 Å². The lowest BCUT2D eigenvalue weighted by Gasteiger charge is -2.31. The molecule has 5 nitrogen and oxygen atoms in total. The minimum absolute atomic E-state index is 0.235. The molecule has 29 heavy (non-hydrogen) atoms. The van der Waals surface area contributed by atoms with Gasteiger partial charge in [0, 0.05) is 24.5 Å². The number of hydrogen-bond acceptors (Lipinski definition) is 5. The van der Waals surface area contributed by atoms with Crippen molar-refractivity contribution in [3.8, 4) is 0 Å². The molecule has 7 heteroatoms. The summed E-state index contributed by atoms with van der Waals surface area (Å²) in [6.45, 7) is 3.61. The van der Waals surface area contributed by atoms with E-state index in [0.29, 0.717) is 4.88 Å². The summed E-state index contributed by atoms with van der Waals surface area (Å²) >= 11 is 1.33. The van der Waals surface area contributed by atoms with E-state index in [1.807, 2.05) is 25.1 Å². The molecule has 1 aliphatic heterocycles. The average Bonchev–Trinajstić information content (AvgIpc) is 3.05. The van der Waals surface area contributed by atoms with Gasteiger partial charge in [0.25, 0.3) is 5.91 Å². The summed E-state index contributed by atoms with van der Waals surface area (Å²) in [5.41, 5.74) is 14.3. The Bertz CT molecular complexity index is 1080. The molecule has 0 spiro atoms. The molecular weight excluding hydrogens is 387 g/mol. The molecule has 1 aromatic carbocycles. The number of fused-ring (bicyclic) bond motifs is 1. The van der Waals surface area contributed by atoms with Crippen LogP contribution in [0, 0.1) is 12.7 Å². The van der Waals surface area contributed by atoms with Crippen LogP contribution in [0.25, 0.3) is 22.4 Å². The van der Waals surface area contributed by atoms with E-state index >= 15 is 0 Å². The van der Waals surface area contributed by atoms with Gasteiger partial charge in [-0.2, -0.15) is 0 Å². The average molecular weight is 411 g/mol. The van der Waals surface area contributed by atoms with Crippen LogP contribution in [0.2, 0.25) is 0 Å². The normalized spacial score (nSPS) is 15.5. The van der Waals surface area contributed by atoms with E-state index in [2.05, 4.69) is 4.90 Å². The van der Waals surface area contributed by atoms with Crippen molar-refractivity contribution in [2.24, 2.45) is 11.5 Å². The lowest BCUT2D eigenvalue weighted by Crippen LogP contribution is -2.40. The monoisotopic (exact) mass is 410 g/mol. The van der Waals surface area contributed by atoms with Gasteiger partial charge in [0.2, 0.25) is 0 Å². The van der Waals surface area contributed by atoms with Gasteiger partial charge in [0.05, 0.1) is 4.88 Å². The molecule has 0 saturated carbocycles. The number of anilines is 1. The number of aryl methyl sites for hydroxylation is 1. The van der Waals surface area contributed by atoms with Gasteiger partial charge in [0.1, 0.15) is 16.5 Å². The number of nitrogens with zero attached hydrogens (tertiary/aromatic N) is 2. The van der Waals surface area contributed by atoms with Gasteiger partial charge in [-0.05, 0) is 54.7 Å². The van der Waals surface area contributed by atoms with Crippen molar-refractivity contribution in [1.82, 2.24) is 4.98 Å². The summed E-state index contributed by atoms with van der Waals surface area (Å²) in [5.74, 6) is 0.170. The van der Waals surface area contributed by atoms with Crippen molar-refractivity contribution in [2.75, 3.05) is 18.0 Å². The molecule has 3 aromatic rings. The van der Waals surface area contributed by atoms with Gasteiger partial charge >= 0.3 is 0 Å². The van der Waals surface area contributed by atoms with Crippen LogP contribution in [0.5, 0.6) is 0 Å². The van der Waals surface area contributed by atoms with Gasteiger partial charge in [0.15, 0.2) is 0 Å². The molecule has 1 aliphatic rings. The fourth-order valence-corrected chi connectivity index (χ4v) is 4.74. The first-order valence-corrected chi connectivity index (χ1v) is 10.4. The number of thiophene rings is 1. The quantitative estimate of drug-likeness (QED) is 0.682. The summed E-state index contributed by atoms with van der Waals surface area (Å²) in [5, 5.41) is 0.930. The van der Waals surface area contributed by atoms with Crippen LogP contribution in [-0.2, 0) is 0 Å². The highest BCUT2D eigenvalue weighted by molar-refractivity contribution is 7.20. The third-order valence-electron chi connectivity index (χ3n) is 5.33. The van der Waals surface area contributed by atoms with Crippen LogP contribution in [0.4, 0.5) is 10.2 Å². The van der Waals surface area contributed by atoms with Crippen molar-refractivity contribution >= 4 is 45.4 Å². The van der Waals surface area contributed by atoms with Crippen LogP contribution in [0.3, 0.4) is 0 Å². The van der Waals surface area contributed by atoms with Crippen molar-refractivity contribution in [3.05, 3.63) is 57.7 Å². The van der Waals surface area contributed by atoms with E-state index in [9.17, 15) is 9.18 Å². The Morgan fingerprint density at radius 2 is 1.93 bits per heavy atom. The number of benzene rings is 1. The second-order valence-electron chi connectivity index (χ2n) is 7.38. The van der Waals surface area contributed by atoms with Gasteiger partial charge < -0.3 is 16.4 Å². The molecule has 150 valence electrons. The van der Waals surface area contributed by atoms with Crippen LogP contribution in [-0.4, -0.2) is 30.0 Å². The summed E-state index contributed by atoms with van der Waals surface area (Å²) in [4.78, 5) is 20.2. The lowest BCUT2D eigenvalue weighted by atomic mass is 10.0. The third kappa shape index (κ3) is 4.02. The van der Waals surface area contributed by atoms with Crippen LogP contribution >= 0.6 is 11.3 Å². The Morgan fingerprint density at radius 1 is 1.24 bits per heavy atom. The minimum Gasteiger partial charge on any atom is -0.365 e. The van der Waals surface area contributed by atoms with Crippen LogP contribution < -0.4 is 16.4 Å². The number of primary amides is 1. The smallest absolute Gasteiger partial charge is 0.259 e. The largest absolute Gasteiger partial charge is 0.365 e. The molecule has 1 amide bonds. The molecule has 0 unspecified atom stereocenters. The van der Waals surface area contributed by atoms with E-state index in [1.165, 1.54) is 23.5 Å². The summed E-state index contributed by atoms with van der Waals surface area (Å²) in [6.07, 6.45) is 5.78. The molecule has 1 saturated heterocycles. The predicted octanol–water partition coefficient (Wildman–Crippen LogP) is 3.94. The molecule has 4 N–H and O–H groups in total.